The Hall–Kier alpha value is -2.42. The quantitative estimate of drug-likeness (QED) is 0.274. The molecule has 0 spiro atoms. The molecule has 2 aliphatic rings. The van der Waals surface area contributed by atoms with E-state index in [0.717, 1.165) is 26.1 Å². The van der Waals surface area contributed by atoms with Gasteiger partial charge in [0.05, 0.1) is 25.9 Å². The summed E-state index contributed by atoms with van der Waals surface area (Å²) in [7, 11) is 1.53. The SMILES string of the molecule is CCCN1CCC(C#N)(NC(=O)[C@H](CC(C)(C)C)N=C(NC(=O)OCCOC)N2CCOCC2)CC1. The fourth-order valence-corrected chi connectivity index (χ4v) is 4.30. The largest absolute Gasteiger partial charge is 0.447 e. The highest BCUT2D eigenvalue weighted by atomic mass is 16.6. The van der Waals surface area contributed by atoms with Crippen LogP contribution in [0.4, 0.5) is 4.79 Å². The van der Waals surface area contributed by atoms with Crippen LogP contribution in [-0.2, 0) is 19.0 Å². The molecule has 2 N–H and O–H groups in total. The summed E-state index contributed by atoms with van der Waals surface area (Å²) in [6, 6.07) is 1.58. The van der Waals surface area contributed by atoms with Gasteiger partial charge in [-0.25, -0.2) is 9.79 Å². The van der Waals surface area contributed by atoms with Gasteiger partial charge in [0.25, 0.3) is 0 Å². The Bertz CT molecular complexity index is 777. The van der Waals surface area contributed by atoms with Crippen molar-refractivity contribution in [3.8, 4) is 6.07 Å². The first kappa shape index (κ1) is 29.8. The molecule has 0 aromatic rings. The molecule has 2 saturated heterocycles. The zero-order valence-corrected chi connectivity index (χ0v) is 22.6. The van der Waals surface area contributed by atoms with Crippen LogP contribution >= 0.6 is 0 Å². The number of alkyl carbamates (subject to hydrolysis) is 1. The lowest BCUT2D eigenvalue weighted by atomic mass is 9.85. The molecule has 2 fully saturated rings. The molecule has 11 heteroatoms. The number of morpholine rings is 1. The van der Waals surface area contributed by atoms with Gasteiger partial charge in [-0.15, -0.1) is 0 Å². The fraction of sp³-hybridized carbons (Fsp3) is 0.840. The van der Waals surface area contributed by atoms with E-state index < -0.39 is 17.7 Å². The zero-order chi connectivity index (χ0) is 26.6. The Labute approximate surface area is 215 Å². The lowest BCUT2D eigenvalue weighted by Gasteiger charge is -2.38. The Morgan fingerprint density at radius 2 is 1.83 bits per heavy atom. The van der Waals surface area contributed by atoms with Crippen molar-refractivity contribution < 1.29 is 23.8 Å². The van der Waals surface area contributed by atoms with Crippen LogP contribution in [0.1, 0.15) is 53.4 Å². The van der Waals surface area contributed by atoms with Crippen LogP contribution in [0.15, 0.2) is 4.99 Å². The fourth-order valence-electron chi connectivity index (χ4n) is 4.30. The van der Waals surface area contributed by atoms with E-state index in [-0.39, 0.29) is 30.5 Å². The zero-order valence-electron chi connectivity index (χ0n) is 22.6. The van der Waals surface area contributed by atoms with Crippen LogP contribution in [0.3, 0.4) is 0 Å². The van der Waals surface area contributed by atoms with Crippen molar-refractivity contribution in [1.82, 2.24) is 20.4 Å². The predicted molar refractivity (Wildman–Crippen MR) is 136 cm³/mol. The number of rotatable bonds is 9. The van der Waals surface area contributed by atoms with Gasteiger partial charge in [0.2, 0.25) is 11.9 Å². The first-order valence-electron chi connectivity index (χ1n) is 12.9. The molecule has 0 unspecified atom stereocenters. The summed E-state index contributed by atoms with van der Waals surface area (Å²) in [4.78, 5) is 35.0. The summed E-state index contributed by atoms with van der Waals surface area (Å²) in [6.07, 6.45) is 1.98. The number of nitrogens with one attached hydrogen (secondary N) is 2. The van der Waals surface area contributed by atoms with Gasteiger partial charge >= 0.3 is 6.09 Å². The minimum atomic E-state index is -0.918. The maximum Gasteiger partial charge on any atom is 0.414 e. The topological polar surface area (TPSA) is 129 Å². The van der Waals surface area contributed by atoms with Crippen LogP contribution in [-0.4, -0.2) is 106 Å². The highest BCUT2D eigenvalue weighted by molar-refractivity contribution is 5.96. The first-order chi connectivity index (χ1) is 17.1. The van der Waals surface area contributed by atoms with Gasteiger partial charge in [-0.3, -0.25) is 10.1 Å². The number of amides is 2. The van der Waals surface area contributed by atoms with Gasteiger partial charge in [-0.2, -0.15) is 5.26 Å². The molecule has 0 saturated carbocycles. The molecular formula is C25H44N6O5. The molecule has 204 valence electrons. The number of carbonyl (C=O) groups excluding carboxylic acids is 2. The molecule has 2 rings (SSSR count). The van der Waals surface area contributed by atoms with Crippen LogP contribution in [0.5, 0.6) is 0 Å². The number of hydrogen-bond donors (Lipinski definition) is 2. The van der Waals surface area contributed by atoms with Gasteiger partial charge in [0, 0.05) is 33.3 Å². The molecule has 11 nitrogen and oxygen atoms in total. The highest BCUT2D eigenvalue weighted by Gasteiger charge is 2.38. The van der Waals surface area contributed by atoms with Crippen molar-refractivity contribution in [2.45, 2.75) is 65.0 Å². The number of methoxy groups -OCH3 is 1. The van der Waals surface area contributed by atoms with Crippen molar-refractivity contribution in [2.75, 3.05) is 66.3 Å². The van der Waals surface area contributed by atoms with Crippen LogP contribution in [0.2, 0.25) is 0 Å². The number of piperidine rings is 1. The lowest BCUT2D eigenvalue weighted by molar-refractivity contribution is -0.124. The maximum absolute atomic E-state index is 13.6. The molecule has 0 bridgehead atoms. The van der Waals surface area contributed by atoms with Gasteiger partial charge in [0.1, 0.15) is 18.2 Å². The monoisotopic (exact) mass is 508 g/mol. The Morgan fingerprint density at radius 1 is 1.17 bits per heavy atom. The number of hydrogen-bond acceptors (Lipinski definition) is 8. The van der Waals surface area contributed by atoms with E-state index in [4.69, 9.17) is 19.2 Å². The van der Waals surface area contributed by atoms with Gasteiger partial charge in [-0.05, 0) is 37.6 Å². The van der Waals surface area contributed by atoms with Gasteiger partial charge in [-0.1, -0.05) is 27.7 Å². The molecule has 0 radical (unpaired) electrons. The van der Waals surface area contributed by atoms with Crippen LogP contribution < -0.4 is 10.6 Å². The third-order valence-corrected chi connectivity index (χ3v) is 6.26. The molecule has 0 aromatic carbocycles. The van der Waals surface area contributed by atoms with Gasteiger partial charge < -0.3 is 29.3 Å². The summed E-state index contributed by atoms with van der Waals surface area (Å²) >= 11 is 0. The average Bonchev–Trinajstić information content (AvgIpc) is 2.84. The number of ether oxygens (including phenoxy) is 3. The van der Waals surface area contributed by atoms with Crippen molar-refractivity contribution in [1.29, 1.82) is 5.26 Å². The van der Waals surface area contributed by atoms with E-state index in [9.17, 15) is 14.9 Å². The third-order valence-electron chi connectivity index (χ3n) is 6.26. The van der Waals surface area contributed by atoms with E-state index in [1.54, 1.807) is 0 Å². The van der Waals surface area contributed by atoms with Crippen molar-refractivity contribution in [2.24, 2.45) is 10.4 Å². The average molecular weight is 509 g/mol. The van der Waals surface area contributed by atoms with Crippen LogP contribution in [0.25, 0.3) is 0 Å². The van der Waals surface area contributed by atoms with E-state index in [1.165, 1.54) is 7.11 Å². The molecule has 2 amide bonds. The second-order valence-corrected chi connectivity index (χ2v) is 10.6. The molecule has 0 aromatic heterocycles. The van der Waals surface area contributed by atoms with Gasteiger partial charge in [0.15, 0.2) is 0 Å². The summed E-state index contributed by atoms with van der Waals surface area (Å²) in [6.45, 7) is 13.2. The molecular weight excluding hydrogens is 464 g/mol. The number of nitrogens with zero attached hydrogens (tertiary/aromatic N) is 4. The molecule has 2 aliphatic heterocycles. The van der Waals surface area contributed by atoms with E-state index >= 15 is 0 Å². The molecule has 0 aliphatic carbocycles. The normalized spacial score (nSPS) is 19.8. The standard InChI is InChI=1S/C25H44N6O5/c1-6-9-30-10-7-25(19-26,8-11-30)29-21(32)20(18-24(2,3)4)27-22(31-12-14-35-15-13-31)28-23(33)36-17-16-34-5/h20H,6-18H2,1-5H3,(H,29,32)(H,27,28,33)/t20-/m0/s1. The van der Waals surface area contributed by atoms with Crippen molar-refractivity contribution in [3.05, 3.63) is 0 Å². The number of guanidine groups is 1. The summed E-state index contributed by atoms with van der Waals surface area (Å²) < 4.78 is 15.5. The molecule has 2 heterocycles. The third kappa shape index (κ3) is 9.91. The van der Waals surface area contributed by atoms with Crippen molar-refractivity contribution >= 4 is 18.0 Å². The summed E-state index contributed by atoms with van der Waals surface area (Å²) in [5.74, 6) is -0.0374. The second-order valence-electron chi connectivity index (χ2n) is 10.6. The van der Waals surface area contributed by atoms with E-state index in [0.29, 0.717) is 45.6 Å². The lowest BCUT2D eigenvalue weighted by Crippen LogP contribution is -2.57. The maximum atomic E-state index is 13.6. The Balaban J connectivity index is 2.25. The number of aliphatic imine (C=N–C) groups is 1. The highest BCUT2D eigenvalue weighted by Crippen LogP contribution is 2.26. The Morgan fingerprint density at radius 3 is 2.39 bits per heavy atom. The van der Waals surface area contributed by atoms with Crippen molar-refractivity contribution in [3.63, 3.8) is 0 Å². The summed E-state index contributed by atoms with van der Waals surface area (Å²) in [5.41, 5.74) is -1.14. The smallest absolute Gasteiger partial charge is 0.414 e. The molecule has 1 atom stereocenters. The number of nitriles is 1. The Kier molecular flexibility index (Phi) is 11.9. The minimum absolute atomic E-state index is 0.102. The van der Waals surface area contributed by atoms with Crippen LogP contribution in [0, 0.1) is 16.7 Å². The number of carbonyl (C=O) groups is 2. The van der Waals surface area contributed by atoms with E-state index in [2.05, 4.69) is 28.5 Å². The first-order valence-corrected chi connectivity index (χ1v) is 12.9. The minimum Gasteiger partial charge on any atom is -0.447 e. The number of likely N-dealkylation sites (tertiary alicyclic amines) is 1. The predicted octanol–water partition coefficient (Wildman–Crippen LogP) is 1.74. The summed E-state index contributed by atoms with van der Waals surface area (Å²) in [5, 5.41) is 15.8. The molecule has 36 heavy (non-hydrogen) atoms. The second kappa shape index (κ2) is 14.4. The van der Waals surface area contributed by atoms with E-state index in [1.807, 2.05) is 25.7 Å².